The summed E-state index contributed by atoms with van der Waals surface area (Å²) < 4.78 is 5.23. The van der Waals surface area contributed by atoms with Crippen LogP contribution in [0.1, 0.15) is 37.5 Å². The molecule has 1 aromatic rings. The molecule has 112 valence electrons. The number of aryl methyl sites for hydroxylation is 1. The highest BCUT2D eigenvalue weighted by atomic mass is 16.5. The van der Waals surface area contributed by atoms with Gasteiger partial charge in [-0.15, -0.1) is 0 Å². The Morgan fingerprint density at radius 1 is 1.35 bits per heavy atom. The number of aliphatic hydroxyl groups is 1. The second kappa shape index (κ2) is 7.21. The van der Waals surface area contributed by atoms with E-state index < -0.39 is 0 Å². The van der Waals surface area contributed by atoms with E-state index in [9.17, 15) is 5.11 Å². The highest BCUT2D eigenvalue weighted by molar-refractivity contribution is 5.32. The van der Waals surface area contributed by atoms with Crippen molar-refractivity contribution in [1.82, 2.24) is 4.90 Å². The van der Waals surface area contributed by atoms with E-state index in [0.29, 0.717) is 5.92 Å². The first-order chi connectivity index (χ1) is 9.63. The van der Waals surface area contributed by atoms with E-state index in [1.165, 1.54) is 5.56 Å². The van der Waals surface area contributed by atoms with Crippen molar-refractivity contribution >= 4 is 0 Å². The average molecular weight is 277 g/mol. The summed E-state index contributed by atoms with van der Waals surface area (Å²) in [5.41, 5.74) is 2.41. The minimum absolute atomic E-state index is 0.211. The molecule has 0 heterocycles. The van der Waals surface area contributed by atoms with Crippen molar-refractivity contribution < 1.29 is 9.84 Å². The first-order valence-electron chi connectivity index (χ1n) is 7.62. The molecular formula is C17H27NO2. The van der Waals surface area contributed by atoms with Gasteiger partial charge in [-0.3, -0.25) is 4.90 Å². The molecule has 0 saturated carbocycles. The van der Waals surface area contributed by atoms with Gasteiger partial charge in [-0.1, -0.05) is 38.1 Å². The Bertz CT molecular complexity index is 419. The number of ether oxygens (including phenoxy) is 1. The largest absolute Gasteiger partial charge is 0.387 e. The monoisotopic (exact) mass is 277 g/mol. The SMILES string of the molecule is COCCN(CC(C)C)C1CCc2ccccc2C1O. The van der Waals surface area contributed by atoms with Crippen LogP contribution in [-0.2, 0) is 11.2 Å². The smallest absolute Gasteiger partial charge is 0.0947 e. The van der Waals surface area contributed by atoms with Crippen molar-refractivity contribution in [1.29, 1.82) is 0 Å². The first-order valence-corrected chi connectivity index (χ1v) is 7.62. The van der Waals surface area contributed by atoms with Crippen LogP contribution in [-0.4, -0.2) is 42.9 Å². The molecule has 0 spiro atoms. The zero-order valence-corrected chi connectivity index (χ0v) is 12.9. The normalized spacial score (nSPS) is 22.3. The maximum Gasteiger partial charge on any atom is 0.0947 e. The Balaban J connectivity index is 2.13. The van der Waals surface area contributed by atoms with Crippen molar-refractivity contribution in [2.24, 2.45) is 5.92 Å². The van der Waals surface area contributed by atoms with Crippen LogP contribution >= 0.6 is 0 Å². The molecule has 0 radical (unpaired) electrons. The molecule has 0 bridgehead atoms. The molecule has 0 aromatic heterocycles. The van der Waals surface area contributed by atoms with E-state index >= 15 is 0 Å². The van der Waals surface area contributed by atoms with E-state index in [2.05, 4.69) is 36.9 Å². The summed E-state index contributed by atoms with van der Waals surface area (Å²) in [6, 6.07) is 8.49. The Morgan fingerprint density at radius 3 is 2.80 bits per heavy atom. The van der Waals surface area contributed by atoms with Crippen LogP contribution in [0.2, 0.25) is 0 Å². The zero-order valence-electron chi connectivity index (χ0n) is 12.9. The number of aliphatic hydroxyl groups excluding tert-OH is 1. The minimum atomic E-state index is -0.379. The lowest BCUT2D eigenvalue weighted by Crippen LogP contribution is -2.45. The van der Waals surface area contributed by atoms with E-state index in [0.717, 1.165) is 38.1 Å². The van der Waals surface area contributed by atoms with E-state index in [1.807, 2.05) is 6.07 Å². The molecule has 0 saturated heterocycles. The summed E-state index contributed by atoms with van der Waals surface area (Å²) >= 11 is 0. The predicted molar refractivity (Wildman–Crippen MR) is 81.8 cm³/mol. The predicted octanol–water partition coefficient (Wildman–Crippen LogP) is 2.64. The molecule has 2 unspecified atom stereocenters. The summed E-state index contributed by atoms with van der Waals surface area (Å²) in [4.78, 5) is 2.40. The third-order valence-corrected chi connectivity index (χ3v) is 4.10. The molecule has 1 aromatic carbocycles. The van der Waals surface area contributed by atoms with Gasteiger partial charge in [-0.05, 0) is 29.9 Å². The summed E-state index contributed by atoms with van der Waals surface area (Å²) in [6.07, 6.45) is 1.70. The summed E-state index contributed by atoms with van der Waals surface area (Å²) in [5, 5.41) is 10.7. The highest BCUT2D eigenvalue weighted by Crippen LogP contribution is 2.33. The molecule has 0 fully saturated rings. The van der Waals surface area contributed by atoms with Gasteiger partial charge in [-0.25, -0.2) is 0 Å². The summed E-state index contributed by atoms with van der Waals surface area (Å²) in [7, 11) is 1.74. The molecule has 1 N–H and O–H groups in total. The van der Waals surface area contributed by atoms with Crippen molar-refractivity contribution in [2.75, 3.05) is 26.8 Å². The van der Waals surface area contributed by atoms with Crippen LogP contribution in [0.4, 0.5) is 0 Å². The van der Waals surface area contributed by atoms with Gasteiger partial charge >= 0.3 is 0 Å². The van der Waals surface area contributed by atoms with Crippen LogP contribution < -0.4 is 0 Å². The van der Waals surface area contributed by atoms with Gasteiger partial charge in [-0.2, -0.15) is 0 Å². The lowest BCUT2D eigenvalue weighted by atomic mass is 9.85. The quantitative estimate of drug-likeness (QED) is 0.867. The molecule has 3 heteroatoms. The lowest BCUT2D eigenvalue weighted by Gasteiger charge is -2.39. The number of fused-ring (bicyclic) bond motifs is 1. The molecule has 1 aliphatic carbocycles. The molecule has 1 aliphatic rings. The molecule has 3 nitrogen and oxygen atoms in total. The number of hydrogen-bond acceptors (Lipinski definition) is 3. The van der Waals surface area contributed by atoms with Crippen LogP contribution in [0.25, 0.3) is 0 Å². The maximum absolute atomic E-state index is 10.7. The van der Waals surface area contributed by atoms with E-state index in [1.54, 1.807) is 7.11 Å². The topological polar surface area (TPSA) is 32.7 Å². The van der Waals surface area contributed by atoms with Crippen LogP contribution in [0.15, 0.2) is 24.3 Å². The van der Waals surface area contributed by atoms with Gasteiger partial charge < -0.3 is 9.84 Å². The summed E-state index contributed by atoms with van der Waals surface area (Å²) in [6.45, 7) is 7.06. The second-order valence-electron chi connectivity index (χ2n) is 6.13. The number of nitrogens with zero attached hydrogens (tertiary/aromatic N) is 1. The molecule has 2 atom stereocenters. The van der Waals surface area contributed by atoms with Gasteiger partial charge in [0.1, 0.15) is 0 Å². The molecule has 20 heavy (non-hydrogen) atoms. The number of hydrogen-bond donors (Lipinski definition) is 1. The zero-order chi connectivity index (χ0) is 14.5. The Kier molecular flexibility index (Phi) is 5.58. The Morgan fingerprint density at radius 2 is 2.10 bits per heavy atom. The first kappa shape index (κ1) is 15.5. The third kappa shape index (κ3) is 3.60. The van der Waals surface area contributed by atoms with Crippen molar-refractivity contribution in [2.45, 2.75) is 38.8 Å². The Labute approximate surface area is 122 Å². The van der Waals surface area contributed by atoms with Gasteiger partial charge in [0.15, 0.2) is 0 Å². The van der Waals surface area contributed by atoms with Crippen molar-refractivity contribution in [3.8, 4) is 0 Å². The van der Waals surface area contributed by atoms with E-state index in [-0.39, 0.29) is 12.1 Å². The standard InChI is InChI=1S/C17H27NO2/c1-13(2)12-18(10-11-20-3)16-9-8-14-6-4-5-7-15(14)17(16)19/h4-7,13,16-17,19H,8-12H2,1-3H3. The fourth-order valence-electron chi connectivity index (χ4n) is 3.17. The third-order valence-electron chi connectivity index (χ3n) is 4.10. The number of rotatable bonds is 6. The van der Waals surface area contributed by atoms with Gasteiger partial charge in [0.2, 0.25) is 0 Å². The van der Waals surface area contributed by atoms with Crippen molar-refractivity contribution in [3.05, 3.63) is 35.4 Å². The lowest BCUT2D eigenvalue weighted by molar-refractivity contribution is 0.0168. The molecular weight excluding hydrogens is 250 g/mol. The molecule has 2 rings (SSSR count). The maximum atomic E-state index is 10.7. The number of methoxy groups -OCH3 is 1. The fraction of sp³-hybridized carbons (Fsp3) is 0.647. The van der Waals surface area contributed by atoms with Crippen molar-refractivity contribution in [3.63, 3.8) is 0 Å². The Hall–Kier alpha value is -0.900. The fourth-order valence-corrected chi connectivity index (χ4v) is 3.17. The van der Waals surface area contributed by atoms with Crippen LogP contribution in [0.5, 0.6) is 0 Å². The minimum Gasteiger partial charge on any atom is -0.387 e. The van der Waals surface area contributed by atoms with Gasteiger partial charge in [0.05, 0.1) is 12.7 Å². The average Bonchev–Trinajstić information content (AvgIpc) is 2.44. The van der Waals surface area contributed by atoms with E-state index in [4.69, 9.17) is 4.74 Å². The second-order valence-corrected chi connectivity index (χ2v) is 6.13. The van der Waals surface area contributed by atoms with Crippen LogP contribution in [0, 0.1) is 5.92 Å². The summed E-state index contributed by atoms with van der Waals surface area (Å²) in [5.74, 6) is 0.594. The van der Waals surface area contributed by atoms with Crippen LogP contribution in [0.3, 0.4) is 0 Å². The number of benzene rings is 1. The molecule has 0 amide bonds. The van der Waals surface area contributed by atoms with Gasteiger partial charge in [0, 0.05) is 26.2 Å². The molecule has 0 aliphatic heterocycles. The van der Waals surface area contributed by atoms with Gasteiger partial charge in [0.25, 0.3) is 0 Å². The highest BCUT2D eigenvalue weighted by Gasteiger charge is 2.32.